The molecule has 1 N–H and O–H groups in total. The molecule has 1 aromatic carbocycles. The molecule has 1 spiro atoms. The Hall–Kier alpha value is -2.08. The fraction of sp³-hybridized carbons (Fsp3) is 0.500. The molecule has 0 bridgehead atoms. The first-order chi connectivity index (χ1) is 10.6. The molecule has 6 nitrogen and oxygen atoms in total. The van der Waals surface area contributed by atoms with Crippen molar-refractivity contribution >= 4 is 17.6 Å². The first-order valence-electron chi connectivity index (χ1n) is 7.74. The molecular weight excluding hydrogens is 282 g/mol. The van der Waals surface area contributed by atoms with Crippen LogP contribution in [0.25, 0.3) is 0 Å². The largest absolute Gasteiger partial charge is 0.322 e. The number of carbonyl (C=O) groups excluding carboxylic acids is 2. The molecule has 1 aromatic rings. The maximum Gasteiger partial charge on any atom is 0.322 e. The molecule has 4 rings (SSSR count). The van der Waals surface area contributed by atoms with Crippen LogP contribution in [0.5, 0.6) is 0 Å². The lowest BCUT2D eigenvalue weighted by atomic mass is 9.91. The highest BCUT2D eigenvalue weighted by atomic mass is 16.7. The van der Waals surface area contributed by atoms with Crippen molar-refractivity contribution in [3.8, 4) is 0 Å². The van der Waals surface area contributed by atoms with Gasteiger partial charge in [-0.05, 0) is 30.9 Å². The summed E-state index contributed by atoms with van der Waals surface area (Å²) in [5, 5.41) is 4.37. The summed E-state index contributed by atoms with van der Waals surface area (Å²) in [6, 6.07) is 9.21. The zero-order valence-corrected chi connectivity index (χ0v) is 12.3. The minimum Gasteiger partial charge on any atom is -0.318 e. The lowest BCUT2D eigenvalue weighted by Gasteiger charge is -2.45. The van der Waals surface area contributed by atoms with Crippen LogP contribution in [0.15, 0.2) is 30.3 Å². The Morgan fingerprint density at radius 1 is 1.27 bits per heavy atom. The Kier molecular flexibility index (Phi) is 3.07. The zero-order chi connectivity index (χ0) is 15.2. The lowest BCUT2D eigenvalue weighted by molar-refractivity contribution is -0.229. The molecule has 3 aliphatic rings. The number of hydrogen-bond acceptors (Lipinski definition) is 3. The summed E-state index contributed by atoms with van der Waals surface area (Å²) in [6.45, 7) is 1.65. The summed E-state index contributed by atoms with van der Waals surface area (Å²) in [7, 11) is 0. The van der Waals surface area contributed by atoms with Gasteiger partial charge in [0, 0.05) is 5.69 Å². The van der Waals surface area contributed by atoms with Crippen LogP contribution in [0, 0.1) is 5.92 Å². The number of hydroxylamine groups is 2. The third-order valence-corrected chi connectivity index (χ3v) is 4.45. The number of hydrogen-bond donors (Lipinski definition) is 1. The molecule has 1 aliphatic carbocycles. The molecule has 1 saturated carbocycles. The fourth-order valence-corrected chi connectivity index (χ4v) is 3.04. The van der Waals surface area contributed by atoms with Gasteiger partial charge >= 0.3 is 6.03 Å². The van der Waals surface area contributed by atoms with Crippen LogP contribution in [0.1, 0.15) is 19.3 Å². The lowest BCUT2D eigenvalue weighted by Crippen LogP contribution is -2.64. The van der Waals surface area contributed by atoms with Gasteiger partial charge in [0.1, 0.15) is 5.60 Å². The van der Waals surface area contributed by atoms with Crippen LogP contribution < -0.4 is 5.32 Å². The number of nitrogens with one attached hydrogen (secondary N) is 1. The minimum absolute atomic E-state index is 0.0509. The van der Waals surface area contributed by atoms with Crippen molar-refractivity contribution in [2.45, 2.75) is 24.9 Å². The summed E-state index contributed by atoms with van der Waals surface area (Å²) in [5.74, 6) is 0.659. The number of urea groups is 1. The molecule has 2 heterocycles. The van der Waals surface area contributed by atoms with Crippen molar-refractivity contribution in [1.82, 2.24) is 9.96 Å². The van der Waals surface area contributed by atoms with Crippen LogP contribution in [0.2, 0.25) is 0 Å². The smallest absolute Gasteiger partial charge is 0.318 e. The van der Waals surface area contributed by atoms with Crippen molar-refractivity contribution in [3.05, 3.63) is 30.3 Å². The third kappa shape index (κ3) is 2.54. The van der Waals surface area contributed by atoms with E-state index < -0.39 is 5.60 Å². The number of rotatable bonds is 3. The SMILES string of the molecule is O=C(Nc1ccccc1)N1CC2(CC(=O)N(CC3CC3)O2)C1. The summed E-state index contributed by atoms with van der Waals surface area (Å²) >= 11 is 0. The summed E-state index contributed by atoms with van der Waals surface area (Å²) < 4.78 is 0. The van der Waals surface area contributed by atoms with Crippen LogP contribution >= 0.6 is 0 Å². The highest BCUT2D eigenvalue weighted by Crippen LogP contribution is 2.38. The van der Waals surface area contributed by atoms with Gasteiger partial charge < -0.3 is 10.2 Å². The second-order valence-corrected chi connectivity index (χ2v) is 6.50. The quantitative estimate of drug-likeness (QED) is 0.926. The second-order valence-electron chi connectivity index (χ2n) is 6.50. The van der Waals surface area contributed by atoms with E-state index in [1.807, 2.05) is 30.3 Å². The molecule has 22 heavy (non-hydrogen) atoms. The van der Waals surface area contributed by atoms with Gasteiger partial charge in [-0.25, -0.2) is 9.86 Å². The van der Waals surface area contributed by atoms with Crippen molar-refractivity contribution in [2.24, 2.45) is 5.92 Å². The van der Waals surface area contributed by atoms with Gasteiger partial charge in [-0.1, -0.05) is 18.2 Å². The van der Waals surface area contributed by atoms with E-state index in [-0.39, 0.29) is 11.9 Å². The summed E-state index contributed by atoms with van der Waals surface area (Å²) in [5.41, 5.74) is 0.284. The maximum atomic E-state index is 12.1. The zero-order valence-electron chi connectivity index (χ0n) is 12.3. The average Bonchev–Trinajstić information content (AvgIpc) is 3.21. The van der Waals surface area contributed by atoms with Gasteiger partial charge in [0.05, 0.1) is 26.1 Å². The first-order valence-corrected chi connectivity index (χ1v) is 7.74. The number of amides is 3. The molecular formula is C16H19N3O3. The molecule has 0 unspecified atom stereocenters. The van der Waals surface area contributed by atoms with E-state index in [1.54, 1.807) is 4.90 Å². The van der Waals surface area contributed by atoms with E-state index >= 15 is 0 Å². The number of likely N-dealkylation sites (tertiary alicyclic amines) is 1. The number of para-hydroxylation sites is 1. The van der Waals surface area contributed by atoms with Gasteiger partial charge in [-0.15, -0.1) is 0 Å². The number of benzene rings is 1. The van der Waals surface area contributed by atoms with Crippen LogP contribution in [-0.2, 0) is 9.63 Å². The second kappa shape index (κ2) is 4.98. The average molecular weight is 301 g/mol. The van der Waals surface area contributed by atoms with Gasteiger partial charge in [0.2, 0.25) is 5.91 Å². The monoisotopic (exact) mass is 301 g/mol. The molecule has 3 fully saturated rings. The normalized spacial score (nSPS) is 22.8. The van der Waals surface area contributed by atoms with E-state index in [0.717, 1.165) is 5.69 Å². The van der Waals surface area contributed by atoms with Crippen molar-refractivity contribution in [3.63, 3.8) is 0 Å². The minimum atomic E-state index is -0.486. The topological polar surface area (TPSA) is 61.9 Å². The van der Waals surface area contributed by atoms with Crippen molar-refractivity contribution in [1.29, 1.82) is 0 Å². The molecule has 0 atom stereocenters. The Labute approximate surface area is 129 Å². The fourth-order valence-electron chi connectivity index (χ4n) is 3.04. The van der Waals surface area contributed by atoms with Gasteiger partial charge in [0.15, 0.2) is 0 Å². The predicted octanol–water partition coefficient (Wildman–Crippen LogP) is 1.85. The number of anilines is 1. The third-order valence-electron chi connectivity index (χ3n) is 4.45. The van der Waals surface area contributed by atoms with E-state index in [1.165, 1.54) is 17.9 Å². The number of nitrogens with zero attached hydrogens (tertiary/aromatic N) is 2. The van der Waals surface area contributed by atoms with Crippen LogP contribution in [0.4, 0.5) is 10.5 Å². The molecule has 0 aromatic heterocycles. The van der Waals surface area contributed by atoms with Crippen molar-refractivity contribution < 1.29 is 14.4 Å². The van der Waals surface area contributed by atoms with Gasteiger partial charge in [-0.2, -0.15) is 0 Å². The summed E-state index contributed by atoms with van der Waals surface area (Å²) in [6.07, 6.45) is 2.76. The highest BCUT2D eigenvalue weighted by molar-refractivity contribution is 5.90. The van der Waals surface area contributed by atoms with E-state index in [4.69, 9.17) is 4.84 Å². The van der Waals surface area contributed by atoms with E-state index in [2.05, 4.69) is 5.32 Å². The molecule has 2 aliphatic heterocycles. The Morgan fingerprint density at radius 3 is 2.68 bits per heavy atom. The van der Waals surface area contributed by atoms with Gasteiger partial charge in [-0.3, -0.25) is 9.63 Å². The Morgan fingerprint density at radius 2 is 2.00 bits per heavy atom. The Bertz CT molecular complexity index is 594. The van der Waals surface area contributed by atoms with E-state index in [0.29, 0.717) is 32.0 Å². The number of carbonyl (C=O) groups is 2. The van der Waals surface area contributed by atoms with Crippen molar-refractivity contribution in [2.75, 3.05) is 25.0 Å². The Balaban J connectivity index is 1.31. The molecule has 2 saturated heterocycles. The first kappa shape index (κ1) is 13.6. The van der Waals surface area contributed by atoms with Gasteiger partial charge in [0.25, 0.3) is 0 Å². The molecule has 116 valence electrons. The van der Waals surface area contributed by atoms with Crippen LogP contribution in [-0.4, -0.2) is 47.1 Å². The maximum absolute atomic E-state index is 12.1. The predicted molar refractivity (Wildman–Crippen MR) is 79.9 cm³/mol. The highest BCUT2D eigenvalue weighted by Gasteiger charge is 2.55. The van der Waals surface area contributed by atoms with Crippen LogP contribution in [0.3, 0.4) is 0 Å². The standard InChI is InChI=1S/C16H19N3O3/c20-14-8-16(22-19(14)9-12-6-7-12)10-18(11-16)15(21)17-13-4-2-1-3-5-13/h1-5,12H,6-11H2,(H,17,21). The molecule has 0 radical (unpaired) electrons. The summed E-state index contributed by atoms with van der Waals surface area (Å²) in [4.78, 5) is 31.7. The van der Waals surface area contributed by atoms with E-state index in [9.17, 15) is 9.59 Å². The molecule has 6 heteroatoms. The molecule has 3 amide bonds.